The van der Waals surface area contributed by atoms with Crippen molar-refractivity contribution < 1.29 is 14.3 Å². The minimum Gasteiger partial charge on any atom is -0.386 e. The lowest BCUT2D eigenvalue weighted by Crippen LogP contribution is -2.38. The summed E-state index contributed by atoms with van der Waals surface area (Å²) in [6.45, 7) is 2.38. The van der Waals surface area contributed by atoms with E-state index >= 15 is 0 Å². The zero-order valence-corrected chi connectivity index (χ0v) is 12.9. The normalized spacial score (nSPS) is 11.8. The molecule has 3 N–H and O–H groups in total. The summed E-state index contributed by atoms with van der Waals surface area (Å²) in [7, 11) is 0. The smallest absolute Gasteiger partial charge is 0.314 e. The average Bonchev–Trinajstić information content (AvgIpc) is 2.55. The van der Waals surface area contributed by atoms with Gasteiger partial charge in [0.2, 0.25) is 0 Å². The van der Waals surface area contributed by atoms with E-state index in [1.54, 1.807) is 24.5 Å². The van der Waals surface area contributed by atoms with Gasteiger partial charge in [0.15, 0.2) is 0 Å². The maximum Gasteiger partial charge on any atom is 0.314 e. The predicted octanol–water partition coefficient (Wildman–Crippen LogP) is 2.10. The van der Waals surface area contributed by atoms with E-state index in [0.29, 0.717) is 13.0 Å². The lowest BCUT2D eigenvalue weighted by atomic mass is 10.1. The molecule has 2 rings (SSSR count). The highest BCUT2D eigenvalue weighted by Crippen LogP contribution is 2.15. The number of carbonyl (C=O) groups is 1. The van der Waals surface area contributed by atoms with Crippen LogP contribution >= 0.6 is 0 Å². The monoisotopic (exact) mass is 317 g/mol. The number of aliphatic hydroxyl groups excluding tert-OH is 1. The van der Waals surface area contributed by atoms with Crippen molar-refractivity contribution in [2.45, 2.75) is 19.4 Å². The first kappa shape index (κ1) is 16.9. The predicted molar refractivity (Wildman–Crippen MR) is 85.4 cm³/mol. The molecule has 0 aliphatic carbocycles. The van der Waals surface area contributed by atoms with Gasteiger partial charge in [0.1, 0.15) is 5.82 Å². The molecule has 1 heterocycles. The van der Waals surface area contributed by atoms with E-state index in [9.17, 15) is 14.3 Å². The van der Waals surface area contributed by atoms with Crippen LogP contribution in [0.5, 0.6) is 0 Å². The van der Waals surface area contributed by atoms with E-state index in [1.807, 2.05) is 13.0 Å². The third kappa shape index (κ3) is 5.03. The van der Waals surface area contributed by atoms with Crippen molar-refractivity contribution >= 4 is 6.03 Å². The second-order valence-electron chi connectivity index (χ2n) is 5.23. The van der Waals surface area contributed by atoms with Crippen LogP contribution in [0.2, 0.25) is 0 Å². The molecule has 122 valence electrons. The van der Waals surface area contributed by atoms with Crippen molar-refractivity contribution in [3.63, 3.8) is 0 Å². The third-order valence-electron chi connectivity index (χ3n) is 3.54. The molecule has 0 aliphatic heterocycles. The molecule has 0 saturated heterocycles. The Hall–Kier alpha value is -2.47. The topological polar surface area (TPSA) is 74.2 Å². The summed E-state index contributed by atoms with van der Waals surface area (Å²) in [6.07, 6.45) is 3.11. The summed E-state index contributed by atoms with van der Waals surface area (Å²) in [5, 5.41) is 15.1. The van der Waals surface area contributed by atoms with Gasteiger partial charge in [-0.3, -0.25) is 4.98 Å². The molecule has 0 aliphatic rings. The fourth-order valence-electron chi connectivity index (χ4n) is 2.20. The Bertz CT molecular complexity index is 664. The number of hydrogen-bond donors (Lipinski definition) is 3. The molecule has 6 heteroatoms. The van der Waals surface area contributed by atoms with E-state index in [2.05, 4.69) is 15.6 Å². The van der Waals surface area contributed by atoms with Gasteiger partial charge in [-0.05, 0) is 36.6 Å². The Morgan fingerprint density at radius 1 is 1.30 bits per heavy atom. The van der Waals surface area contributed by atoms with Crippen molar-refractivity contribution in [1.29, 1.82) is 0 Å². The van der Waals surface area contributed by atoms with Crippen LogP contribution in [0, 0.1) is 12.7 Å². The summed E-state index contributed by atoms with van der Waals surface area (Å²) in [5.41, 5.74) is 2.36. The van der Waals surface area contributed by atoms with Crippen molar-refractivity contribution in [2.24, 2.45) is 0 Å². The summed E-state index contributed by atoms with van der Waals surface area (Å²) in [6, 6.07) is 7.47. The molecular formula is C17H20FN3O2. The number of aromatic nitrogens is 1. The average molecular weight is 317 g/mol. The van der Waals surface area contributed by atoms with Crippen LogP contribution in [0.4, 0.5) is 9.18 Å². The van der Waals surface area contributed by atoms with Crippen molar-refractivity contribution in [3.05, 3.63) is 65.2 Å². The molecular weight excluding hydrogens is 297 g/mol. The van der Waals surface area contributed by atoms with Gasteiger partial charge in [-0.25, -0.2) is 9.18 Å². The van der Waals surface area contributed by atoms with Gasteiger partial charge in [-0.1, -0.05) is 18.2 Å². The Balaban J connectivity index is 1.73. The number of hydrogen-bond acceptors (Lipinski definition) is 3. The molecule has 0 spiro atoms. The van der Waals surface area contributed by atoms with E-state index in [0.717, 1.165) is 11.1 Å². The van der Waals surface area contributed by atoms with Gasteiger partial charge in [-0.15, -0.1) is 0 Å². The van der Waals surface area contributed by atoms with Crippen LogP contribution < -0.4 is 10.6 Å². The number of amides is 2. The van der Waals surface area contributed by atoms with Gasteiger partial charge in [0.05, 0.1) is 6.10 Å². The van der Waals surface area contributed by atoms with Crippen LogP contribution in [0.25, 0.3) is 0 Å². The molecule has 2 amide bonds. The number of aryl methyl sites for hydroxylation is 1. The van der Waals surface area contributed by atoms with E-state index in [-0.39, 0.29) is 12.1 Å². The van der Waals surface area contributed by atoms with Crippen molar-refractivity contribution in [1.82, 2.24) is 15.6 Å². The number of nitrogens with one attached hydrogen (secondary N) is 2. The molecule has 0 fully saturated rings. The molecule has 1 aromatic heterocycles. The zero-order valence-electron chi connectivity index (χ0n) is 12.9. The number of pyridine rings is 1. The molecule has 1 atom stereocenters. The van der Waals surface area contributed by atoms with Crippen LogP contribution in [0.15, 0.2) is 42.7 Å². The van der Waals surface area contributed by atoms with E-state index in [1.165, 1.54) is 12.1 Å². The Kier molecular flexibility index (Phi) is 6.05. The fraction of sp³-hybridized carbons (Fsp3) is 0.294. The number of aliphatic hydroxyl groups is 1. The standard InChI is InChI=1S/C17H20FN3O2/c1-12-10-19-8-6-13(12)7-9-20-17(23)21-11-16(22)14-4-2-3-5-15(14)18/h2-6,8,10,16,22H,7,9,11H2,1H3,(H2,20,21,23). The van der Waals surface area contributed by atoms with Gasteiger partial charge in [0.25, 0.3) is 0 Å². The van der Waals surface area contributed by atoms with Crippen LogP contribution in [0.1, 0.15) is 22.8 Å². The molecule has 0 saturated carbocycles. The van der Waals surface area contributed by atoms with Gasteiger partial charge < -0.3 is 15.7 Å². The number of nitrogens with zero attached hydrogens (tertiary/aromatic N) is 1. The van der Waals surface area contributed by atoms with E-state index in [4.69, 9.17) is 0 Å². The van der Waals surface area contributed by atoms with Crippen LogP contribution in [0.3, 0.4) is 0 Å². The van der Waals surface area contributed by atoms with Crippen molar-refractivity contribution in [2.75, 3.05) is 13.1 Å². The largest absolute Gasteiger partial charge is 0.386 e. The number of rotatable bonds is 6. The number of urea groups is 1. The second-order valence-corrected chi connectivity index (χ2v) is 5.23. The molecule has 5 nitrogen and oxygen atoms in total. The Morgan fingerprint density at radius 3 is 2.83 bits per heavy atom. The number of benzene rings is 1. The summed E-state index contributed by atoms with van der Waals surface area (Å²) in [5.74, 6) is -0.490. The minimum atomic E-state index is -1.08. The molecule has 0 bridgehead atoms. The third-order valence-corrected chi connectivity index (χ3v) is 3.54. The maximum absolute atomic E-state index is 13.5. The first-order valence-electron chi connectivity index (χ1n) is 7.41. The SMILES string of the molecule is Cc1cnccc1CCNC(=O)NCC(O)c1ccccc1F. The maximum atomic E-state index is 13.5. The van der Waals surface area contributed by atoms with Gasteiger partial charge in [-0.2, -0.15) is 0 Å². The highest BCUT2D eigenvalue weighted by Gasteiger charge is 2.13. The lowest BCUT2D eigenvalue weighted by molar-refractivity contribution is 0.169. The molecule has 1 aromatic carbocycles. The zero-order chi connectivity index (χ0) is 16.7. The fourth-order valence-corrected chi connectivity index (χ4v) is 2.20. The highest BCUT2D eigenvalue weighted by atomic mass is 19.1. The number of carbonyl (C=O) groups excluding carboxylic acids is 1. The lowest BCUT2D eigenvalue weighted by Gasteiger charge is -2.13. The summed E-state index contributed by atoms with van der Waals surface area (Å²) in [4.78, 5) is 15.7. The van der Waals surface area contributed by atoms with E-state index < -0.39 is 18.0 Å². The first-order chi connectivity index (χ1) is 11.1. The van der Waals surface area contributed by atoms with Crippen molar-refractivity contribution in [3.8, 4) is 0 Å². The Morgan fingerprint density at radius 2 is 2.09 bits per heavy atom. The molecule has 0 radical (unpaired) electrons. The van der Waals surface area contributed by atoms with Crippen LogP contribution in [-0.2, 0) is 6.42 Å². The number of halogens is 1. The molecule has 1 unspecified atom stereocenters. The van der Waals surface area contributed by atoms with Crippen LogP contribution in [-0.4, -0.2) is 29.2 Å². The second kappa shape index (κ2) is 8.24. The Labute approximate surface area is 134 Å². The van der Waals surface area contributed by atoms with Gasteiger partial charge >= 0.3 is 6.03 Å². The minimum absolute atomic E-state index is 0.0545. The molecule has 2 aromatic rings. The first-order valence-corrected chi connectivity index (χ1v) is 7.41. The quantitative estimate of drug-likeness (QED) is 0.764. The highest BCUT2D eigenvalue weighted by molar-refractivity contribution is 5.73. The summed E-state index contributed by atoms with van der Waals surface area (Å²) >= 11 is 0. The molecule has 23 heavy (non-hydrogen) atoms. The van der Waals surface area contributed by atoms with Gasteiger partial charge in [0, 0.05) is 31.0 Å². The summed E-state index contributed by atoms with van der Waals surface area (Å²) < 4.78 is 13.5.